The van der Waals surface area contributed by atoms with E-state index in [0.717, 1.165) is 20.8 Å². The van der Waals surface area contributed by atoms with Crippen molar-refractivity contribution in [3.05, 3.63) is 86.6 Å². The third kappa shape index (κ3) is 6.44. The number of hydrogen-bond donors (Lipinski definition) is 2. The molecule has 1 unspecified atom stereocenters. The van der Waals surface area contributed by atoms with Crippen LogP contribution in [-0.2, 0) is 49.7 Å². The maximum atomic E-state index is 13.7. The fourth-order valence-corrected chi connectivity index (χ4v) is 6.18. The highest BCUT2D eigenvalue weighted by atomic mass is 32.2. The lowest BCUT2D eigenvalue weighted by Crippen LogP contribution is -2.41. The number of esters is 1. The highest BCUT2D eigenvalue weighted by Crippen LogP contribution is 2.36. The van der Waals surface area contributed by atoms with Crippen LogP contribution in [-0.4, -0.2) is 52.8 Å². The molecule has 216 valence electrons. The molecule has 0 bridgehead atoms. The number of fused-ring (bicyclic) bond motifs is 1. The Morgan fingerprint density at radius 2 is 1.66 bits per heavy atom. The topological polar surface area (TPSA) is 166 Å². The van der Waals surface area contributed by atoms with Gasteiger partial charge in [-0.1, -0.05) is 24.3 Å². The van der Waals surface area contributed by atoms with E-state index in [4.69, 9.17) is 4.74 Å². The van der Waals surface area contributed by atoms with Gasteiger partial charge in [0.25, 0.3) is 11.5 Å². The van der Waals surface area contributed by atoms with E-state index in [0.29, 0.717) is 17.7 Å². The molecule has 1 aromatic heterocycles. The Morgan fingerprint density at radius 3 is 2.34 bits per heavy atom. The Bertz CT molecular complexity index is 1730. The molecular weight excluding hydrogens is 554 g/mol. The van der Waals surface area contributed by atoms with Crippen molar-refractivity contribution in [3.8, 4) is 0 Å². The Morgan fingerprint density at radius 1 is 0.976 bits per heavy atom. The van der Waals surface area contributed by atoms with Gasteiger partial charge < -0.3 is 15.4 Å². The zero-order chi connectivity index (χ0) is 29.9. The molecule has 41 heavy (non-hydrogen) atoms. The van der Waals surface area contributed by atoms with Gasteiger partial charge in [0.1, 0.15) is 5.82 Å². The molecule has 0 aliphatic carbocycles. The Kier molecular flexibility index (Phi) is 8.54. The zero-order valence-corrected chi connectivity index (χ0v) is 23.4. The van der Waals surface area contributed by atoms with E-state index in [1.807, 2.05) is 12.1 Å². The molecule has 1 atom stereocenters. The number of ether oxygens (including phenoxy) is 1. The second kappa shape index (κ2) is 11.9. The largest absolute Gasteiger partial charge is 0.456 e. The average molecular weight is 584 g/mol. The maximum absolute atomic E-state index is 13.7. The van der Waals surface area contributed by atoms with Crippen molar-refractivity contribution in [3.63, 3.8) is 0 Å². The van der Waals surface area contributed by atoms with E-state index in [-0.39, 0.29) is 29.6 Å². The second-order valence-corrected chi connectivity index (χ2v) is 11.4. The number of hydrogen-bond acceptors (Lipinski definition) is 8. The van der Waals surface area contributed by atoms with Crippen molar-refractivity contribution >= 4 is 39.3 Å². The number of nitrogens with one attached hydrogen (secondary N) is 2. The van der Waals surface area contributed by atoms with Crippen LogP contribution in [0.3, 0.4) is 0 Å². The summed E-state index contributed by atoms with van der Waals surface area (Å²) in [6.07, 6.45) is 0.0699. The van der Waals surface area contributed by atoms with Crippen LogP contribution in [0.5, 0.6) is 0 Å². The van der Waals surface area contributed by atoms with Gasteiger partial charge in [-0.05, 0) is 41.8 Å². The molecule has 1 aliphatic heterocycles. The first-order chi connectivity index (χ1) is 19.4. The number of sulfonamides is 1. The number of amides is 2. The van der Waals surface area contributed by atoms with Crippen molar-refractivity contribution in [2.45, 2.75) is 30.7 Å². The normalized spacial score (nSPS) is 15.0. The van der Waals surface area contributed by atoms with Gasteiger partial charge in [-0.15, -0.1) is 0 Å². The monoisotopic (exact) mass is 583 g/mol. The van der Waals surface area contributed by atoms with E-state index in [1.165, 1.54) is 49.6 Å². The molecular formula is C27H29N5O8S. The van der Waals surface area contributed by atoms with Crippen molar-refractivity contribution in [1.82, 2.24) is 13.4 Å². The third-order valence-electron chi connectivity index (χ3n) is 6.66. The molecule has 4 rings (SSSR count). The number of benzene rings is 2. The van der Waals surface area contributed by atoms with Crippen LogP contribution in [0.15, 0.2) is 69.1 Å². The van der Waals surface area contributed by atoms with E-state index < -0.39 is 45.8 Å². The summed E-state index contributed by atoms with van der Waals surface area (Å²) in [5, 5.41) is 4.95. The molecule has 2 heterocycles. The average Bonchev–Trinajstić information content (AvgIpc) is 2.93. The Balaban J connectivity index is 1.51. The molecule has 3 aromatic rings. The highest BCUT2D eigenvalue weighted by molar-refractivity contribution is 7.89. The predicted molar refractivity (Wildman–Crippen MR) is 149 cm³/mol. The third-order valence-corrected chi connectivity index (χ3v) is 8.58. The molecule has 1 aliphatic rings. The molecule has 13 nitrogen and oxygen atoms in total. The lowest BCUT2D eigenvalue weighted by Gasteiger charge is -2.36. The van der Waals surface area contributed by atoms with Crippen LogP contribution in [0.25, 0.3) is 0 Å². The van der Waals surface area contributed by atoms with E-state index >= 15 is 0 Å². The van der Waals surface area contributed by atoms with Crippen LogP contribution in [0.2, 0.25) is 0 Å². The minimum absolute atomic E-state index is 0.0108. The molecule has 2 N–H and O–H groups in total. The highest BCUT2D eigenvalue weighted by Gasteiger charge is 2.38. The molecule has 0 fully saturated rings. The van der Waals surface area contributed by atoms with Gasteiger partial charge in [0, 0.05) is 39.3 Å². The summed E-state index contributed by atoms with van der Waals surface area (Å²) in [7, 11) is -1.40. The maximum Gasteiger partial charge on any atom is 0.332 e. The molecule has 0 radical (unpaired) electrons. The van der Waals surface area contributed by atoms with Gasteiger partial charge in [-0.2, -0.15) is 4.31 Å². The lowest BCUT2D eigenvalue weighted by molar-refractivity contribution is -0.148. The van der Waals surface area contributed by atoms with Crippen LogP contribution in [0.1, 0.15) is 30.5 Å². The quantitative estimate of drug-likeness (QED) is 0.369. The fourth-order valence-electron chi connectivity index (χ4n) is 4.57. The predicted octanol–water partition coefficient (Wildman–Crippen LogP) is 0.903. The summed E-state index contributed by atoms with van der Waals surface area (Å²) in [6, 6.07) is 13.1. The number of anilines is 2. The van der Waals surface area contributed by atoms with Crippen LogP contribution >= 0.6 is 0 Å². The SMILES string of the molecule is CC(=O)Nc1ccc(S(=O)(=O)N2CCc3ccccc3C2CC(=O)OCC(=O)Nc2cc(=O)n(C)c(=O)n2C)cc1. The number of carbonyl (C=O) groups is 3. The minimum atomic E-state index is -4.06. The van der Waals surface area contributed by atoms with E-state index in [9.17, 15) is 32.4 Å². The summed E-state index contributed by atoms with van der Waals surface area (Å²) in [5.74, 6) is -1.96. The number of rotatable bonds is 8. The van der Waals surface area contributed by atoms with Crippen LogP contribution in [0, 0.1) is 0 Å². The smallest absolute Gasteiger partial charge is 0.332 e. The molecule has 2 aromatic carbocycles. The second-order valence-electron chi connectivity index (χ2n) is 9.47. The van der Waals surface area contributed by atoms with Crippen molar-refractivity contribution in [1.29, 1.82) is 0 Å². The van der Waals surface area contributed by atoms with Gasteiger partial charge in [0.2, 0.25) is 15.9 Å². The van der Waals surface area contributed by atoms with E-state index in [1.54, 1.807) is 12.1 Å². The van der Waals surface area contributed by atoms with Gasteiger partial charge in [-0.25, -0.2) is 13.2 Å². The summed E-state index contributed by atoms with van der Waals surface area (Å²) in [5.41, 5.74) is 0.708. The Hall–Kier alpha value is -4.56. The molecule has 14 heteroatoms. The summed E-state index contributed by atoms with van der Waals surface area (Å²) in [4.78, 5) is 60.6. The fraction of sp³-hybridized carbons (Fsp3) is 0.296. The summed E-state index contributed by atoms with van der Waals surface area (Å²) in [6.45, 7) is 0.742. The van der Waals surface area contributed by atoms with Gasteiger partial charge in [0.15, 0.2) is 6.61 Å². The minimum Gasteiger partial charge on any atom is -0.456 e. The standard InChI is InChI=1S/C27H29N5O8S/c1-17(33)28-19-8-10-20(11-9-19)41(38,39)32-13-12-18-6-4-5-7-21(18)22(32)14-26(36)40-16-24(34)29-23-15-25(35)31(3)27(37)30(23)2/h4-11,15,22H,12-14,16H2,1-3H3,(H,28,33)(H,29,34). The molecule has 0 saturated heterocycles. The van der Waals surface area contributed by atoms with Gasteiger partial charge >= 0.3 is 11.7 Å². The number of nitrogens with zero attached hydrogens (tertiary/aromatic N) is 3. The van der Waals surface area contributed by atoms with Crippen LogP contribution in [0.4, 0.5) is 11.5 Å². The van der Waals surface area contributed by atoms with Gasteiger partial charge in [0.05, 0.1) is 17.4 Å². The van der Waals surface area contributed by atoms with Crippen molar-refractivity contribution < 1.29 is 27.5 Å². The molecule has 2 amide bonds. The summed E-state index contributed by atoms with van der Waals surface area (Å²) >= 11 is 0. The zero-order valence-electron chi connectivity index (χ0n) is 22.6. The first kappa shape index (κ1) is 29.4. The van der Waals surface area contributed by atoms with Crippen molar-refractivity contribution in [2.24, 2.45) is 14.1 Å². The van der Waals surface area contributed by atoms with Gasteiger partial charge in [-0.3, -0.25) is 28.3 Å². The molecule has 0 spiro atoms. The first-order valence-corrected chi connectivity index (χ1v) is 14.0. The number of carbonyl (C=O) groups excluding carboxylic acids is 3. The summed E-state index contributed by atoms with van der Waals surface area (Å²) < 4.78 is 35.7. The Labute approximate surface area is 235 Å². The lowest BCUT2D eigenvalue weighted by atomic mass is 9.92. The van der Waals surface area contributed by atoms with Crippen LogP contribution < -0.4 is 21.9 Å². The van der Waals surface area contributed by atoms with Crippen molar-refractivity contribution in [2.75, 3.05) is 23.8 Å². The first-order valence-electron chi connectivity index (χ1n) is 12.6. The molecule has 0 saturated carbocycles. The van der Waals surface area contributed by atoms with E-state index in [2.05, 4.69) is 10.6 Å². The number of aromatic nitrogens is 2.